The predicted molar refractivity (Wildman–Crippen MR) is 345 cm³/mol. The molecule has 10 aromatic carbocycles. The highest BCUT2D eigenvalue weighted by Gasteiger charge is 2.30. The van der Waals surface area contributed by atoms with E-state index < -0.39 is 126 Å². The largest absolute Gasteiger partial charge is 0.458 e. The van der Waals surface area contributed by atoms with Crippen LogP contribution in [-0.4, -0.2) is 14.1 Å². The maximum absolute atomic E-state index is 10.2. The van der Waals surface area contributed by atoms with Gasteiger partial charge in [-0.15, -0.1) is 0 Å². The van der Waals surface area contributed by atoms with Crippen LogP contribution >= 0.6 is 0 Å². The van der Waals surface area contributed by atoms with Crippen LogP contribution in [0.5, 0.6) is 11.5 Å². The fourth-order valence-corrected chi connectivity index (χ4v) is 11.7. The summed E-state index contributed by atoms with van der Waals surface area (Å²) in [7, 11) is 0. The second-order valence-corrected chi connectivity index (χ2v) is 23.1. The van der Waals surface area contributed by atoms with Crippen LogP contribution in [0.2, 0.25) is 0 Å². The van der Waals surface area contributed by atoms with Gasteiger partial charge in [0.05, 0.1) is 44.4 Å². The van der Waals surface area contributed by atoms with E-state index >= 15 is 0 Å². The average molecular weight is 1100 g/mol. The van der Waals surface area contributed by atoms with Gasteiger partial charge in [0.15, 0.2) is 0 Å². The molecule has 0 spiro atoms. The highest BCUT2D eigenvalue weighted by Crippen LogP contribution is 2.49. The van der Waals surface area contributed by atoms with Crippen molar-refractivity contribution in [2.75, 3.05) is 0 Å². The number of aromatic nitrogens is 4. The van der Waals surface area contributed by atoms with Crippen LogP contribution in [0.15, 0.2) is 218 Å². The lowest BCUT2D eigenvalue weighted by Crippen LogP contribution is -2.32. The Morgan fingerprint density at radius 3 is 1.73 bits per heavy atom. The van der Waals surface area contributed by atoms with Crippen LogP contribution in [0.25, 0.3) is 117 Å². The van der Waals surface area contributed by atoms with Crippen LogP contribution in [-0.2, 0) is 10.8 Å². The Kier molecular flexibility index (Phi) is 8.01. The van der Waals surface area contributed by atoms with E-state index in [2.05, 4.69) is 64.6 Å². The maximum atomic E-state index is 10.2. The van der Waals surface area contributed by atoms with Gasteiger partial charge in [-0.1, -0.05) is 181 Å². The molecule has 0 fully saturated rings. The molecule has 0 aliphatic carbocycles. The number of hydrogen-bond acceptors (Lipinski definition) is 2. The zero-order chi connectivity index (χ0) is 74.0. The average Bonchev–Trinajstić information content (AvgIpc) is 1.61. The van der Waals surface area contributed by atoms with Crippen molar-refractivity contribution in [3.63, 3.8) is 0 Å². The zero-order valence-corrected chi connectivity index (χ0v) is 46.4. The summed E-state index contributed by atoms with van der Waals surface area (Å²) in [5, 5.41) is 1.93. The Hall–Kier alpha value is -9.58. The number of rotatable bonds is 7. The first-order valence-electron chi connectivity index (χ1n) is 37.4. The normalized spacial score (nSPS) is 16.3. The van der Waals surface area contributed by atoms with Gasteiger partial charge in [0, 0.05) is 39.5 Å². The first-order valence-corrected chi connectivity index (χ1v) is 27.4. The smallest absolute Gasteiger partial charge is 0.269 e. The summed E-state index contributed by atoms with van der Waals surface area (Å²) in [6, 6.07) is 39.9. The van der Waals surface area contributed by atoms with Crippen LogP contribution in [0, 0.1) is 33.7 Å². The molecule has 0 atom stereocenters. The molecule has 0 saturated heterocycles. The number of pyridine rings is 1. The number of para-hydroxylation sites is 1. The third-order valence-electron chi connectivity index (χ3n) is 15.8. The standard InChI is InChI=1S/C78H66N4O/c1-48-20-17-21-49(2)73(48)54-41-66-62-28-13-11-26-60(62)61-27-12-14-29-63(61)67-40-53(52-32-34-55(35-33-52)77(5,6)7)43-71-76(67)81(75(66)68(42-54)74-50(3)22-18-23-51(74)4)47-80(71)57-24-19-25-58(45-57)83-59-36-37-65-64-30-15-16-31-69(64)82(70(65)46-59)72-44-56(38-39-79-72)78(8,9)10/h11-46H,1-10H3/i1D3,2D3,3D3,4D3,11D,12D,13D,14D,26D,27D,28D,29D. The Bertz CT molecular complexity index is 5660. The molecule has 404 valence electrons. The Morgan fingerprint density at radius 2 is 1.06 bits per heavy atom. The van der Waals surface area contributed by atoms with Crippen molar-refractivity contribution in [1.82, 2.24) is 14.1 Å². The van der Waals surface area contributed by atoms with E-state index in [-0.39, 0.29) is 55.4 Å². The summed E-state index contributed by atoms with van der Waals surface area (Å²) in [5.41, 5.74) is -0.689. The molecule has 0 saturated carbocycles. The van der Waals surface area contributed by atoms with Crippen LogP contribution < -0.4 is 9.30 Å². The van der Waals surface area contributed by atoms with Gasteiger partial charge < -0.3 is 4.74 Å². The molecule has 14 rings (SSSR count). The number of fused-ring (bicyclic) bond motifs is 10. The minimum atomic E-state index is -3.16. The lowest BCUT2D eigenvalue weighted by molar-refractivity contribution is -0.570. The van der Waals surface area contributed by atoms with E-state index in [1.807, 2.05) is 72.8 Å². The second kappa shape index (κ2) is 19.6. The highest BCUT2D eigenvalue weighted by atomic mass is 16.5. The van der Waals surface area contributed by atoms with E-state index in [1.54, 1.807) is 41.1 Å². The van der Waals surface area contributed by atoms with E-state index in [1.165, 1.54) is 53.1 Å². The van der Waals surface area contributed by atoms with E-state index in [0.29, 0.717) is 34.1 Å². The number of ether oxygens (including phenoxy) is 1. The molecule has 0 N–H and O–H groups in total. The Morgan fingerprint density at radius 1 is 0.470 bits per heavy atom. The van der Waals surface area contributed by atoms with Crippen LogP contribution in [0.3, 0.4) is 0 Å². The van der Waals surface area contributed by atoms with Gasteiger partial charge in [-0.2, -0.15) is 0 Å². The van der Waals surface area contributed by atoms with E-state index in [4.69, 9.17) is 17.9 Å². The molecule has 13 aromatic rings. The number of hydrogen-bond donors (Lipinski definition) is 0. The highest BCUT2D eigenvalue weighted by molar-refractivity contribution is 6.10. The molecule has 3 aromatic heterocycles. The zero-order valence-electron chi connectivity index (χ0n) is 66.4. The van der Waals surface area contributed by atoms with Gasteiger partial charge in [-0.25, -0.2) is 4.98 Å². The summed E-state index contributed by atoms with van der Waals surface area (Å²) in [5.74, 6) is 1.45. The van der Waals surface area contributed by atoms with Crippen LogP contribution in [0.4, 0.5) is 0 Å². The first-order chi connectivity index (χ1) is 48.2. The van der Waals surface area contributed by atoms with Gasteiger partial charge in [0.25, 0.3) is 6.33 Å². The van der Waals surface area contributed by atoms with Crippen LogP contribution in [0.1, 0.15) is 102 Å². The van der Waals surface area contributed by atoms with Gasteiger partial charge in [0.2, 0.25) is 0 Å². The molecule has 4 heterocycles. The summed E-state index contributed by atoms with van der Waals surface area (Å²) >= 11 is 0. The topological polar surface area (TPSA) is 35.9 Å². The van der Waals surface area contributed by atoms with E-state index in [9.17, 15) is 19.2 Å². The Labute approximate surface area is 515 Å². The molecule has 0 bridgehead atoms. The fraction of sp³-hybridized carbons (Fsp3) is 0.154. The molecule has 0 radical (unpaired) electrons. The lowest BCUT2D eigenvalue weighted by atomic mass is 9.84. The number of aryl methyl sites for hydroxylation is 4. The molecular formula is C78H66N4O. The van der Waals surface area contributed by atoms with Gasteiger partial charge in [0.1, 0.15) is 17.3 Å². The number of benzene rings is 10. The quantitative estimate of drug-likeness (QED) is 0.118. The lowest BCUT2D eigenvalue weighted by Gasteiger charge is -2.23. The monoisotopic (exact) mass is 1090 g/mol. The van der Waals surface area contributed by atoms with Crippen molar-refractivity contribution < 1.29 is 36.7 Å². The van der Waals surface area contributed by atoms with E-state index in [0.717, 1.165) is 32.9 Å². The third kappa shape index (κ3) is 8.76. The molecule has 5 heteroatoms. The first kappa shape index (κ1) is 34.0. The SMILES string of the molecule is [2H]c1c([2H])c([2H])c2c(c1[2H])-c1cc(-c3c(C([2H])([2H])[2H])cccc3C([2H])([2H])[2H])cc(-c3c(C([2H])([2H])[2H])cccc3C([2H])([2H])[2H])c1-[n+]1[c-]n(-c3cccc(Oc4ccc5c6ccccc6n(-c6cc(C(C)(C)C)ccn6)c5c4)c3)c3cc(-c4ccc(C(C)(C)C)cc4)cc(c31)-c1c([2H])c([2H])c([2H])c([2H])c1-2. The number of nitrogens with zero attached hydrogens (tertiary/aromatic N) is 4. The molecule has 0 unspecified atom stereocenters. The molecule has 5 nitrogen and oxygen atoms in total. The maximum Gasteiger partial charge on any atom is 0.269 e. The third-order valence-corrected chi connectivity index (χ3v) is 15.8. The van der Waals surface area contributed by atoms with Crippen molar-refractivity contribution in [2.45, 2.75) is 79.8 Å². The van der Waals surface area contributed by atoms with Gasteiger partial charge in [-0.3, -0.25) is 13.7 Å². The summed E-state index contributed by atoms with van der Waals surface area (Å²) in [4.78, 5) is 4.87. The molecule has 83 heavy (non-hydrogen) atoms. The number of imidazole rings is 1. The molecule has 1 aliphatic rings. The Balaban J connectivity index is 1.17. The van der Waals surface area contributed by atoms with Crippen molar-refractivity contribution in [3.8, 4) is 95.5 Å². The molecule has 0 amide bonds. The predicted octanol–water partition coefficient (Wildman–Crippen LogP) is 20.1. The minimum absolute atomic E-state index is 0.0295. The summed E-state index contributed by atoms with van der Waals surface area (Å²) in [6.07, 6.45) is 5.34. The minimum Gasteiger partial charge on any atom is -0.458 e. The van der Waals surface area contributed by atoms with Crippen molar-refractivity contribution >= 4 is 32.8 Å². The van der Waals surface area contributed by atoms with Crippen molar-refractivity contribution in [1.29, 1.82) is 0 Å². The molecular weight excluding hydrogens is 1010 g/mol. The fourth-order valence-electron chi connectivity index (χ4n) is 11.7. The molecule has 1 aliphatic heterocycles. The van der Waals surface area contributed by atoms with Crippen molar-refractivity contribution in [3.05, 3.63) is 258 Å². The van der Waals surface area contributed by atoms with Crippen molar-refractivity contribution in [2.24, 2.45) is 0 Å². The van der Waals surface area contributed by atoms with Gasteiger partial charge in [-0.05, 0) is 205 Å². The summed E-state index contributed by atoms with van der Waals surface area (Å²) < 4.78 is 199. The van der Waals surface area contributed by atoms with Gasteiger partial charge >= 0.3 is 0 Å². The second-order valence-electron chi connectivity index (χ2n) is 23.1. The summed E-state index contributed by atoms with van der Waals surface area (Å²) in [6.45, 7) is 0.127.